The fourth-order valence-corrected chi connectivity index (χ4v) is 1.75. The third kappa shape index (κ3) is 2.32. The standard InChI is InChI=1S/C10H18O2/c1-3-4-5-10(2)6-9(7-11)8-12-10/h3,9,11H,1,4-8H2,2H3. The van der Waals surface area contributed by atoms with Crippen LogP contribution in [-0.2, 0) is 4.74 Å². The maximum absolute atomic E-state index is 8.92. The van der Waals surface area contributed by atoms with Gasteiger partial charge in [0.2, 0.25) is 0 Å². The number of hydrogen-bond donors (Lipinski definition) is 1. The van der Waals surface area contributed by atoms with Gasteiger partial charge in [0.25, 0.3) is 0 Å². The lowest BCUT2D eigenvalue weighted by atomic mass is 9.92. The van der Waals surface area contributed by atoms with Crippen molar-refractivity contribution in [2.24, 2.45) is 5.92 Å². The van der Waals surface area contributed by atoms with Crippen molar-refractivity contribution in [2.45, 2.75) is 31.8 Å². The van der Waals surface area contributed by atoms with E-state index in [1.807, 2.05) is 6.08 Å². The summed E-state index contributed by atoms with van der Waals surface area (Å²) in [5.41, 5.74) is -0.0123. The van der Waals surface area contributed by atoms with Gasteiger partial charge in [0, 0.05) is 12.5 Å². The second-order valence-corrected chi connectivity index (χ2v) is 3.84. The van der Waals surface area contributed by atoms with Gasteiger partial charge in [-0.25, -0.2) is 0 Å². The normalized spacial score (nSPS) is 35.3. The molecule has 2 nitrogen and oxygen atoms in total. The molecule has 1 N–H and O–H groups in total. The van der Waals surface area contributed by atoms with Gasteiger partial charge in [0.15, 0.2) is 0 Å². The fourth-order valence-electron chi connectivity index (χ4n) is 1.75. The van der Waals surface area contributed by atoms with Gasteiger partial charge < -0.3 is 9.84 Å². The van der Waals surface area contributed by atoms with E-state index in [0.29, 0.717) is 12.5 Å². The average Bonchev–Trinajstić information content (AvgIpc) is 2.45. The number of rotatable bonds is 4. The molecule has 1 rings (SSSR count). The van der Waals surface area contributed by atoms with Gasteiger partial charge in [-0.05, 0) is 26.2 Å². The van der Waals surface area contributed by atoms with Crippen molar-refractivity contribution in [3.8, 4) is 0 Å². The second-order valence-electron chi connectivity index (χ2n) is 3.84. The SMILES string of the molecule is C=CCCC1(C)CC(CO)CO1. The highest BCUT2D eigenvalue weighted by molar-refractivity contribution is 4.87. The first-order chi connectivity index (χ1) is 5.70. The van der Waals surface area contributed by atoms with Crippen LogP contribution in [0.1, 0.15) is 26.2 Å². The van der Waals surface area contributed by atoms with E-state index in [-0.39, 0.29) is 12.2 Å². The van der Waals surface area contributed by atoms with Gasteiger partial charge >= 0.3 is 0 Å². The quantitative estimate of drug-likeness (QED) is 0.651. The molecule has 1 aliphatic heterocycles. The Morgan fingerprint density at radius 1 is 1.75 bits per heavy atom. The van der Waals surface area contributed by atoms with E-state index in [0.717, 1.165) is 19.3 Å². The van der Waals surface area contributed by atoms with E-state index in [2.05, 4.69) is 13.5 Å². The zero-order valence-electron chi connectivity index (χ0n) is 7.75. The van der Waals surface area contributed by atoms with Crippen molar-refractivity contribution in [3.63, 3.8) is 0 Å². The summed E-state index contributed by atoms with van der Waals surface area (Å²) < 4.78 is 5.64. The monoisotopic (exact) mass is 170 g/mol. The number of hydrogen-bond acceptors (Lipinski definition) is 2. The first-order valence-corrected chi connectivity index (χ1v) is 4.56. The Morgan fingerprint density at radius 2 is 2.50 bits per heavy atom. The summed E-state index contributed by atoms with van der Waals surface area (Å²) in [6.45, 7) is 6.77. The summed E-state index contributed by atoms with van der Waals surface area (Å²) in [5, 5.41) is 8.92. The van der Waals surface area contributed by atoms with Gasteiger partial charge in [-0.1, -0.05) is 6.08 Å². The zero-order chi connectivity index (χ0) is 9.03. The maximum atomic E-state index is 8.92. The Balaban J connectivity index is 2.35. The smallest absolute Gasteiger partial charge is 0.0662 e. The van der Waals surface area contributed by atoms with Crippen LogP contribution in [0.2, 0.25) is 0 Å². The molecule has 0 aromatic rings. The lowest BCUT2D eigenvalue weighted by Crippen LogP contribution is -2.22. The van der Waals surface area contributed by atoms with Crippen molar-refractivity contribution in [2.75, 3.05) is 13.2 Å². The van der Waals surface area contributed by atoms with Crippen LogP contribution < -0.4 is 0 Å². The van der Waals surface area contributed by atoms with Gasteiger partial charge in [0.1, 0.15) is 0 Å². The minimum absolute atomic E-state index is 0.0123. The van der Waals surface area contributed by atoms with Crippen molar-refractivity contribution in [1.29, 1.82) is 0 Å². The van der Waals surface area contributed by atoms with E-state index < -0.39 is 0 Å². The molecule has 0 bridgehead atoms. The number of ether oxygens (including phenoxy) is 1. The molecule has 0 spiro atoms. The highest BCUT2D eigenvalue weighted by atomic mass is 16.5. The van der Waals surface area contributed by atoms with E-state index in [4.69, 9.17) is 9.84 Å². The van der Waals surface area contributed by atoms with Crippen LogP contribution in [0, 0.1) is 5.92 Å². The minimum atomic E-state index is -0.0123. The predicted octanol–water partition coefficient (Wildman–Crippen LogP) is 1.74. The third-order valence-corrected chi connectivity index (χ3v) is 2.52. The predicted molar refractivity (Wildman–Crippen MR) is 49.0 cm³/mol. The molecule has 0 amide bonds. The number of aliphatic hydroxyl groups is 1. The largest absolute Gasteiger partial charge is 0.396 e. The van der Waals surface area contributed by atoms with Crippen LogP contribution in [-0.4, -0.2) is 23.9 Å². The van der Waals surface area contributed by atoms with Crippen molar-refractivity contribution in [1.82, 2.24) is 0 Å². The number of aliphatic hydroxyl groups excluding tert-OH is 1. The summed E-state index contributed by atoms with van der Waals surface area (Å²) in [4.78, 5) is 0. The topological polar surface area (TPSA) is 29.5 Å². The van der Waals surface area contributed by atoms with Gasteiger partial charge in [-0.3, -0.25) is 0 Å². The summed E-state index contributed by atoms with van der Waals surface area (Å²) in [5.74, 6) is 0.347. The van der Waals surface area contributed by atoms with E-state index in [1.165, 1.54) is 0 Å². The van der Waals surface area contributed by atoms with E-state index >= 15 is 0 Å². The van der Waals surface area contributed by atoms with Crippen LogP contribution in [0.4, 0.5) is 0 Å². The van der Waals surface area contributed by atoms with Gasteiger partial charge in [0.05, 0.1) is 12.2 Å². The minimum Gasteiger partial charge on any atom is -0.396 e. The Kier molecular flexibility index (Phi) is 3.29. The molecule has 0 saturated carbocycles. The van der Waals surface area contributed by atoms with Gasteiger partial charge in [-0.15, -0.1) is 6.58 Å². The molecule has 0 aromatic heterocycles. The van der Waals surface area contributed by atoms with Crippen LogP contribution in [0.5, 0.6) is 0 Å². The molecule has 0 aromatic carbocycles. The molecule has 2 heteroatoms. The third-order valence-electron chi connectivity index (χ3n) is 2.52. The summed E-state index contributed by atoms with van der Waals surface area (Å²) >= 11 is 0. The summed E-state index contributed by atoms with van der Waals surface area (Å²) in [7, 11) is 0. The zero-order valence-corrected chi connectivity index (χ0v) is 7.75. The van der Waals surface area contributed by atoms with Crippen LogP contribution in [0.15, 0.2) is 12.7 Å². The Morgan fingerprint density at radius 3 is 3.00 bits per heavy atom. The maximum Gasteiger partial charge on any atom is 0.0662 e. The molecule has 1 fully saturated rings. The molecule has 1 saturated heterocycles. The second kappa shape index (κ2) is 4.06. The highest BCUT2D eigenvalue weighted by Crippen LogP contribution is 2.33. The molecule has 1 aliphatic rings. The number of allylic oxidation sites excluding steroid dienone is 1. The van der Waals surface area contributed by atoms with Crippen LogP contribution in [0.25, 0.3) is 0 Å². The average molecular weight is 170 g/mol. The molecule has 2 unspecified atom stereocenters. The molecule has 0 aliphatic carbocycles. The molecular weight excluding hydrogens is 152 g/mol. The lowest BCUT2D eigenvalue weighted by Gasteiger charge is -2.22. The molecule has 0 radical (unpaired) electrons. The van der Waals surface area contributed by atoms with Crippen LogP contribution in [0.3, 0.4) is 0 Å². The highest BCUT2D eigenvalue weighted by Gasteiger charge is 2.34. The van der Waals surface area contributed by atoms with Crippen LogP contribution >= 0.6 is 0 Å². The fraction of sp³-hybridized carbons (Fsp3) is 0.800. The summed E-state index contributed by atoms with van der Waals surface area (Å²) in [6, 6.07) is 0. The van der Waals surface area contributed by atoms with E-state index in [1.54, 1.807) is 0 Å². The van der Waals surface area contributed by atoms with Gasteiger partial charge in [-0.2, -0.15) is 0 Å². The Bertz CT molecular complexity index is 156. The molecule has 12 heavy (non-hydrogen) atoms. The summed E-state index contributed by atoms with van der Waals surface area (Å²) in [6.07, 6.45) is 4.92. The van der Waals surface area contributed by atoms with Crippen molar-refractivity contribution >= 4 is 0 Å². The Labute approximate surface area is 74.2 Å². The Hall–Kier alpha value is -0.340. The molecule has 70 valence electrons. The molecule has 2 atom stereocenters. The van der Waals surface area contributed by atoms with E-state index in [9.17, 15) is 0 Å². The first kappa shape index (κ1) is 9.75. The van der Waals surface area contributed by atoms with Crippen molar-refractivity contribution in [3.05, 3.63) is 12.7 Å². The van der Waals surface area contributed by atoms with Crippen molar-refractivity contribution < 1.29 is 9.84 Å². The lowest BCUT2D eigenvalue weighted by molar-refractivity contribution is 0.0123. The molecule has 1 heterocycles. The molecular formula is C10H18O2. The first-order valence-electron chi connectivity index (χ1n) is 4.56.